The molecule has 0 atom stereocenters. The van der Waals surface area contributed by atoms with Crippen molar-refractivity contribution in [3.8, 4) is 23.3 Å². The highest BCUT2D eigenvalue weighted by atomic mass is 16.3. The van der Waals surface area contributed by atoms with Gasteiger partial charge in [-0.3, -0.25) is 0 Å². The molecule has 2 aliphatic carbocycles. The van der Waals surface area contributed by atoms with Gasteiger partial charge in [0.25, 0.3) is 0 Å². The van der Waals surface area contributed by atoms with Crippen molar-refractivity contribution < 1.29 is 20.4 Å². The van der Waals surface area contributed by atoms with Crippen LogP contribution in [0.15, 0.2) is 78.9 Å². The van der Waals surface area contributed by atoms with Crippen LogP contribution in [0.25, 0.3) is 6.08 Å². The molecule has 322 valence electrons. The Bertz CT molecular complexity index is 2120. The van der Waals surface area contributed by atoms with Crippen molar-refractivity contribution in [3.63, 3.8) is 0 Å². The third kappa shape index (κ3) is 10.8. The molecule has 60 heavy (non-hydrogen) atoms. The van der Waals surface area contributed by atoms with Crippen LogP contribution in [0.2, 0.25) is 0 Å². The molecule has 2 fully saturated rings. The number of aliphatic hydroxyl groups is 2. The molecule has 0 spiro atoms. The highest BCUT2D eigenvalue weighted by Gasteiger charge is 2.33. The van der Waals surface area contributed by atoms with Crippen LogP contribution >= 0.6 is 0 Å². The maximum atomic E-state index is 11.0. The van der Waals surface area contributed by atoms with Crippen molar-refractivity contribution >= 4 is 6.08 Å². The summed E-state index contributed by atoms with van der Waals surface area (Å²) in [5.74, 6) is 7.19. The van der Waals surface area contributed by atoms with E-state index in [9.17, 15) is 20.4 Å². The minimum Gasteiger partial charge on any atom is -0.508 e. The SMILES string of the molecule is CCC(CC)(c1ccc(O)c(C)c1)c1ccc(/C=C/C2(O)CCCCCC2)c(C)c1.CCC(CC)(c1ccc(O)c(C)c1)c1ccc(C#CC2(O)CCCCCC2)c(C)c1. The molecular formula is C56H74O4. The Balaban J connectivity index is 0.000000228. The lowest BCUT2D eigenvalue weighted by Gasteiger charge is -2.34. The first-order chi connectivity index (χ1) is 28.7. The molecule has 4 heteroatoms. The van der Waals surface area contributed by atoms with Gasteiger partial charge in [-0.25, -0.2) is 0 Å². The first kappa shape index (κ1) is 46.8. The predicted molar refractivity (Wildman–Crippen MR) is 252 cm³/mol. The molecule has 0 unspecified atom stereocenters. The van der Waals surface area contributed by atoms with Crippen molar-refractivity contribution in [3.05, 3.63) is 135 Å². The molecule has 0 saturated heterocycles. The Morgan fingerprint density at radius 3 is 1.33 bits per heavy atom. The van der Waals surface area contributed by atoms with Crippen LogP contribution in [0.3, 0.4) is 0 Å². The average Bonchev–Trinajstić information content (AvgIpc) is 3.61. The molecule has 6 rings (SSSR count). The summed E-state index contributed by atoms with van der Waals surface area (Å²) in [7, 11) is 0. The van der Waals surface area contributed by atoms with Crippen molar-refractivity contribution in [2.45, 2.75) is 180 Å². The molecule has 0 radical (unpaired) electrons. The van der Waals surface area contributed by atoms with Gasteiger partial charge >= 0.3 is 0 Å². The lowest BCUT2D eigenvalue weighted by atomic mass is 9.70. The molecule has 0 aromatic heterocycles. The highest BCUT2D eigenvalue weighted by Crippen LogP contribution is 2.42. The first-order valence-electron chi connectivity index (χ1n) is 23.2. The van der Waals surface area contributed by atoms with E-state index in [0.717, 1.165) is 99.3 Å². The van der Waals surface area contributed by atoms with E-state index in [1.807, 2.05) is 32.1 Å². The Labute approximate surface area is 363 Å². The summed E-state index contributed by atoms with van der Waals surface area (Å²) in [6.45, 7) is 17.2. The molecule has 0 heterocycles. The zero-order valence-electron chi connectivity index (χ0n) is 38.2. The molecule has 2 aliphatic rings. The standard InChI is InChI=1S/C28H38O2.C28H36O2/c2*1-5-28(6-2,25-13-14-26(29)22(4)20-25)24-12-11-23(21(3)19-24)15-18-27(30)16-9-7-8-10-17-27/h11-15,18-20,29-30H,5-10,16-17H2,1-4H3;11-14,19-20,29-30H,5-10,16-17H2,1-4H3/b18-15+;. The smallest absolute Gasteiger partial charge is 0.125 e. The Hall–Kier alpha value is -4.30. The van der Waals surface area contributed by atoms with E-state index < -0.39 is 11.2 Å². The zero-order valence-corrected chi connectivity index (χ0v) is 38.2. The second-order valence-corrected chi connectivity index (χ2v) is 18.2. The molecule has 4 N–H and O–H groups in total. The fourth-order valence-corrected chi connectivity index (χ4v) is 10.0. The molecule has 0 bridgehead atoms. The number of aryl methyl sites for hydroxylation is 4. The molecule has 0 aliphatic heterocycles. The van der Waals surface area contributed by atoms with Crippen molar-refractivity contribution in [1.82, 2.24) is 0 Å². The summed E-state index contributed by atoms with van der Waals surface area (Å²) in [5, 5.41) is 41.8. The van der Waals surface area contributed by atoms with Crippen LogP contribution in [0.4, 0.5) is 0 Å². The molecular weight excluding hydrogens is 737 g/mol. The fraction of sp³-hybridized carbons (Fsp3) is 0.500. The number of phenols is 2. The largest absolute Gasteiger partial charge is 0.508 e. The average molecular weight is 811 g/mol. The van der Waals surface area contributed by atoms with E-state index >= 15 is 0 Å². The molecule has 4 aromatic rings. The summed E-state index contributed by atoms with van der Waals surface area (Å²) >= 11 is 0. The zero-order chi connectivity index (χ0) is 43.6. The van der Waals surface area contributed by atoms with Gasteiger partial charge in [0.05, 0.1) is 5.60 Å². The molecule has 4 aromatic carbocycles. The van der Waals surface area contributed by atoms with Crippen LogP contribution < -0.4 is 0 Å². The summed E-state index contributed by atoms with van der Waals surface area (Å²) < 4.78 is 0. The topological polar surface area (TPSA) is 80.9 Å². The van der Waals surface area contributed by atoms with E-state index in [1.165, 1.54) is 59.1 Å². The third-order valence-corrected chi connectivity index (χ3v) is 14.4. The number of phenolic OH excluding ortho intramolecular Hbond substituents is 2. The highest BCUT2D eigenvalue weighted by molar-refractivity contribution is 5.57. The second-order valence-electron chi connectivity index (χ2n) is 18.2. The van der Waals surface area contributed by atoms with Crippen LogP contribution in [-0.2, 0) is 10.8 Å². The monoisotopic (exact) mass is 811 g/mol. The van der Waals surface area contributed by atoms with E-state index in [-0.39, 0.29) is 10.8 Å². The maximum absolute atomic E-state index is 11.0. The molecule has 0 amide bonds. The second kappa shape index (κ2) is 20.5. The normalized spacial score (nSPS) is 16.8. The number of rotatable bonds is 10. The number of hydrogen-bond donors (Lipinski definition) is 4. The Kier molecular flexibility index (Phi) is 16.0. The van der Waals surface area contributed by atoms with Gasteiger partial charge in [-0.05, 0) is 160 Å². The predicted octanol–water partition coefficient (Wildman–Crippen LogP) is 13.8. The van der Waals surface area contributed by atoms with Gasteiger partial charge in [-0.2, -0.15) is 0 Å². The van der Waals surface area contributed by atoms with Crippen molar-refractivity contribution in [2.75, 3.05) is 0 Å². The van der Waals surface area contributed by atoms with Crippen LogP contribution in [0.5, 0.6) is 11.5 Å². The van der Waals surface area contributed by atoms with Crippen molar-refractivity contribution in [2.24, 2.45) is 0 Å². The summed E-state index contributed by atoms with van der Waals surface area (Å²) in [4.78, 5) is 0. The minimum absolute atomic E-state index is 0.0645. The van der Waals surface area contributed by atoms with Gasteiger partial charge in [-0.1, -0.05) is 145 Å². The van der Waals surface area contributed by atoms with Gasteiger partial charge in [0.2, 0.25) is 0 Å². The van der Waals surface area contributed by atoms with Crippen LogP contribution in [0, 0.1) is 39.5 Å². The van der Waals surface area contributed by atoms with Gasteiger partial charge in [-0.15, -0.1) is 0 Å². The maximum Gasteiger partial charge on any atom is 0.125 e. The van der Waals surface area contributed by atoms with Gasteiger partial charge < -0.3 is 20.4 Å². The number of hydrogen-bond acceptors (Lipinski definition) is 4. The number of benzene rings is 4. The quantitative estimate of drug-likeness (QED) is 0.0950. The van der Waals surface area contributed by atoms with Gasteiger partial charge in [0.15, 0.2) is 0 Å². The van der Waals surface area contributed by atoms with Crippen LogP contribution in [-0.4, -0.2) is 31.6 Å². The molecule has 4 nitrogen and oxygen atoms in total. The summed E-state index contributed by atoms with van der Waals surface area (Å²) in [6, 6.07) is 25.3. The lowest BCUT2D eigenvalue weighted by Crippen LogP contribution is -2.26. The van der Waals surface area contributed by atoms with E-state index in [0.29, 0.717) is 11.5 Å². The fourth-order valence-electron chi connectivity index (χ4n) is 10.0. The van der Waals surface area contributed by atoms with Gasteiger partial charge in [0, 0.05) is 16.4 Å². The Morgan fingerprint density at radius 2 is 0.917 bits per heavy atom. The van der Waals surface area contributed by atoms with Gasteiger partial charge in [0.1, 0.15) is 17.1 Å². The van der Waals surface area contributed by atoms with E-state index in [2.05, 4.69) is 120 Å². The van der Waals surface area contributed by atoms with Crippen LogP contribution in [0.1, 0.15) is 186 Å². The third-order valence-electron chi connectivity index (χ3n) is 14.4. The summed E-state index contributed by atoms with van der Waals surface area (Å²) in [5.41, 5.74) is 9.88. The summed E-state index contributed by atoms with van der Waals surface area (Å²) in [6.07, 6.45) is 20.6. The molecule has 2 saturated carbocycles. The van der Waals surface area contributed by atoms with Crippen molar-refractivity contribution in [1.29, 1.82) is 0 Å². The number of aromatic hydroxyl groups is 2. The van der Waals surface area contributed by atoms with E-state index in [1.54, 1.807) is 0 Å². The van der Waals surface area contributed by atoms with E-state index in [4.69, 9.17) is 0 Å². The lowest BCUT2D eigenvalue weighted by molar-refractivity contribution is 0.0755. The minimum atomic E-state index is -0.832. The Morgan fingerprint density at radius 1 is 0.517 bits per heavy atom. The first-order valence-corrected chi connectivity index (χ1v) is 23.2.